The van der Waals surface area contributed by atoms with E-state index in [0.29, 0.717) is 17.9 Å². The molecule has 124 valence electrons. The molecule has 1 aromatic heterocycles. The first kappa shape index (κ1) is 17.0. The molecule has 0 atom stereocenters. The second-order valence-electron chi connectivity index (χ2n) is 5.42. The van der Waals surface area contributed by atoms with Gasteiger partial charge in [0.1, 0.15) is 11.6 Å². The molecule has 0 spiro atoms. The summed E-state index contributed by atoms with van der Waals surface area (Å²) in [6.45, 7) is 4.60. The number of nitrogens with zero attached hydrogens (tertiary/aromatic N) is 3. The standard InChI is InChI=1S/C17H23FN4O/c1-3-4-5-6-9-23-16-8-7-15(18)10-14(16)11-20-22-12-13(2)21-17(22)19/h7-8,10-12H,3-6,9H2,1-2H3,(H2,19,21). The van der Waals surface area contributed by atoms with Crippen molar-refractivity contribution in [3.05, 3.63) is 41.5 Å². The highest BCUT2D eigenvalue weighted by Gasteiger charge is 2.05. The van der Waals surface area contributed by atoms with Crippen LogP contribution in [-0.2, 0) is 0 Å². The van der Waals surface area contributed by atoms with Crippen LogP contribution in [0.15, 0.2) is 29.5 Å². The van der Waals surface area contributed by atoms with Crippen LogP contribution in [0.1, 0.15) is 43.9 Å². The summed E-state index contributed by atoms with van der Waals surface area (Å²) in [6, 6.07) is 4.40. The second-order valence-corrected chi connectivity index (χ2v) is 5.42. The van der Waals surface area contributed by atoms with E-state index in [4.69, 9.17) is 10.5 Å². The van der Waals surface area contributed by atoms with Gasteiger partial charge in [-0.25, -0.2) is 14.1 Å². The van der Waals surface area contributed by atoms with Gasteiger partial charge >= 0.3 is 0 Å². The van der Waals surface area contributed by atoms with Crippen LogP contribution in [0.5, 0.6) is 5.75 Å². The quantitative estimate of drug-likeness (QED) is 0.595. The second kappa shape index (κ2) is 8.31. The number of imidazole rings is 1. The van der Waals surface area contributed by atoms with Crippen LogP contribution in [0, 0.1) is 12.7 Å². The van der Waals surface area contributed by atoms with Crippen molar-refractivity contribution in [3.63, 3.8) is 0 Å². The molecule has 6 heteroatoms. The highest BCUT2D eigenvalue weighted by molar-refractivity contribution is 5.83. The van der Waals surface area contributed by atoms with Crippen molar-refractivity contribution in [3.8, 4) is 5.75 Å². The molecule has 0 aliphatic heterocycles. The van der Waals surface area contributed by atoms with Crippen molar-refractivity contribution in [2.45, 2.75) is 39.5 Å². The van der Waals surface area contributed by atoms with Gasteiger partial charge < -0.3 is 10.5 Å². The number of nitrogens with two attached hydrogens (primary N) is 1. The van der Waals surface area contributed by atoms with Crippen LogP contribution in [-0.4, -0.2) is 22.5 Å². The third-order valence-corrected chi connectivity index (χ3v) is 3.38. The molecule has 1 heterocycles. The minimum Gasteiger partial charge on any atom is -0.493 e. The molecule has 23 heavy (non-hydrogen) atoms. The first-order chi connectivity index (χ1) is 11.1. The van der Waals surface area contributed by atoms with Crippen molar-refractivity contribution in [1.29, 1.82) is 0 Å². The largest absolute Gasteiger partial charge is 0.493 e. The van der Waals surface area contributed by atoms with E-state index >= 15 is 0 Å². The van der Waals surface area contributed by atoms with E-state index in [-0.39, 0.29) is 11.8 Å². The summed E-state index contributed by atoms with van der Waals surface area (Å²) in [5, 5.41) is 4.21. The topological polar surface area (TPSA) is 65.4 Å². The summed E-state index contributed by atoms with van der Waals surface area (Å²) in [4.78, 5) is 4.06. The van der Waals surface area contributed by atoms with E-state index < -0.39 is 0 Å². The predicted octanol–water partition coefficient (Wildman–Crippen LogP) is 3.75. The number of nitrogen functional groups attached to an aromatic ring is 1. The van der Waals surface area contributed by atoms with E-state index in [1.165, 1.54) is 35.9 Å². The maximum atomic E-state index is 13.5. The number of halogens is 1. The molecule has 0 saturated carbocycles. The Hall–Kier alpha value is -2.37. The van der Waals surface area contributed by atoms with Gasteiger partial charge in [0, 0.05) is 5.56 Å². The molecule has 0 radical (unpaired) electrons. The molecule has 0 fully saturated rings. The van der Waals surface area contributed by atoms with E-state index in [1.54, 1.807) is 12.3 Å². The van der Waals surface area contributed by atoms with Gasteiger partial charge in [0.2, 0.25) is 5.95 Å². The number of aromatic nitrogens is 2. The van der Waals surface area contributed by atoms with Crippen molar-refractivity contribution < 1.29 is 9.13 Å². The van der Waals surface area contributed by atoms with Crippen LogP contribution >= 0.6 is 0 Å². The van der Waals surface area contributed by atoms with Gasteiger partial charge in [-0.15, -0.1) is 0 Å². The molecule has 0 aliphatic carbocycles. The molecular weight excluding hydrogens is 295 g/mol. The molecule has 2 aromatic rings. The summed E-state index contributed by atoms with van der Waals surface area (Å²) in [7, 11) is 0. The Labute approximate surface area is 136 Å². The summed E-state index contributed by atoms with van der Waals surface area (Å²) in [6.07, 6.45) is 7.72. The number of unbranched alkanes of at least 4 members (excludes halogenated alkanes) is 3. The normalized spacial score (nSPS) is 11.3. The lowest BCUT2D eigenvalue weighted by Crippen LogP contribution is -2.02. The first-order valence-corrected chi connectivity index (χ1v) is 7.88. The Balaban J connectivity index is 2.07. The zero-order valence-corrected chi connectivity index (χ0v) is 13.6. The zero-order valence-electron chi connectivity index (χ0n) is 13.6. The van der Waals surface area contributed by atoms with Gasteiger partial charge in [-0.1, -0.05) is 26.2 Å². The molecule has 0 saturated heterocycles. The predicted molar refractivity (Wildman–Crippen MR) is 90.4 cm³/mol. The fraction of sp³-hybridized carbons (Fsp3) is 0.412. The smallest absolute Gasteiger partial charge is 0.221 e. The Morgan fingerprint density at radius 3 is 2.87 bits per heavy atom. The lowest BCUT2D eigenvalue weighted by Gasteiger charge is -2.09. The van der Waals surface area contributed by atoms with Crippen LogP contribution in [0.25, 0.3) is 0 Å². The van der Waals surface area contributed by atoms with Crippen molar-refractivity contribution in [2.75, 3.05) is 12.3 Å². The van der Waals surface area contributed by atoms with Crippen molar-refractivity contribution in [2.24, 2.45) is 5.10 Å². The number of hydrogen-bond donors (Lipinski definition) is 1. The molecule has 5 nitrogen and oxygen atoms in total. The van der Waals surface area contributed by atoms with Crippen molar-refractivity contribution >= 4 is 12.2 Å². The van der Waals surface area contributed by atoms with E-state index in [2.05, 4.69) is 17.0 Å². The average Bonchev–Trinajstić information content (AvgIpc) is 2.84. The average molecular weight is 318 g/mol. The maximum Gasteiger partial charge on any atom is 0.221 e. The van der Waals surface area contributed by atoms with Crippen LogP contribution < -0.4 is 10.5 Å². The van der Waals surface area contributed by atoms with Gasteiger partial charge in [-0.05, 0) is 31.5 Å². The molecule has 2 N–H and O–H groups in total. The number of rotatable bonds is 8. The highest BCUT2D eigenvalue weighted by Crippen LogP contribution is 2.19. The van der Waals surface area contributed by atoms with Gasteiger partial charge in [0.25, 0.3) is 0 Å². The van der Waals surface area contributed by atoms with E-state index in [0.717, 1.165) is 18.5 Å². The highest BCUT2D eigenvalue weighted by atomic mass is 19.1. The Morgan fingerprint density at radius 1 is 1.35 bits per heavy atom. The van der Waals surface area contributed by atoms with Gasteiger partial charge in [0.05, 0.1) is 24.7 Å². The Bertz CT molecular complexity index is 667. The number of aryl methyl sites for hydroxylation is 1. The summed E-state index contributed by atoms with van der Waals surface area (Å²) in [5.41, 5.74) is 7.08. The number of benzene rings is 1. The molecule has 0 unspecified atom stereocenters. The molecule has 0 aliphatic rings. The minimum absolute atomic E-state index is 0.289. The number of anilines is 1. The third-order valence-electron chi connectivity index (χ3n) is 3.38. The molecule has 0 bridgehead atoms. The number of ether oxygens (including phenoxy) is 1. The molecule has 0 amide bonds. The zero-order chi connectivity index (χ0) is 16.7. The molecule has 1 aromatic carbocycles. The van der Waals surface area contributed by atoms with E-state index in [1.807, 2.05) is 6.92 Å². The monoisotopic (exact) mass is 318 g/mol. The van der Waals surface area contributed by atoms with Crippen LogP contribution in [0.4, 0.5) is 10.3 Å². The lowest BCUT2D eigenvalue weighted by atomic mass is 10.2. The van der Waals surface area contributed by atoms with Crippen LogP contribution in [0.2, 0.25) is 0 Å². The molecule has 2 rings (SSSR count). The van der Waals surface area contributed by atoms with Gasteiger partial charge in [-0.3, -0.25) is 0 Å². The summed E-state index contributed by atoms with van der Waals surface area (Å²) >= 11 is 0. The maximum absolute atomic E-state index is 13.5. The molecular formula is C17H23FN4O. The SMILES string of the molecule is CCCCCCOc1ccc(F)cc1C=Nn1cc(C)nc1N. The summed E-state index contributed by atoms with van der Waals surface area (Å²) < 4.78 is 20.7. The van der Waals surface area contributed by atoms with E-state index in [9.17, 15) is 4.39 Å². The lowest BCUT2D eigenvalue weighted by molar-refractivity contribution is 0.304. The van der Waals surface area contributed by atoms with Gasteiger partial charge in [0.15, 0.2) is 0 Å². The Morgan fingerprint density at radius 2 is 2.17 bits per heavy atom. The third kappa shape index (κ3) is 5.09. The fourth-order valence-corrected chi connectivity index (χ4v) is 2.18. The van der Waals surface area contributed by atoms with Crippen LogP contribution in [0.3, 0.4) is 0 Å². The minimum atomic E-state index is -0.334. The first-order valence-electron chi connectivity index (χ1n) is 7.88. The van der Waals surface area contributed by atoms with Gasteiger partial charge in [-0.2, -0.15) is 5.10 Å². The fourth-order valence-electron chi connectivity index (χ4n) is 2.18. The van der Waals surface area contributed by atoms with Crippen molar-refractivity contribution in [1.82, 2.24) is 9.66 Å². The number of hydrogen-bond acceptors (Lipinski definition) is 4. The Kier molecular flexibility index (Phi) is 6.14. The summed E-state index contributed by atoms with van der Waals surface area (Å²) in [5.74, 6) is 0.568.